The van der Waals surface area contributed by atoms with Crippen LogP contribution in [-0.2, 0) is 4.79 Å². The van der Waals surface area contributed by atoms with Crippen LogP contribution in [0, 0.1) is 12.8 Å². The van der Waals surface area contributed by atoms with Gasteiger partial charge in [0.05, 0.1) is 6.54 Å². The van der Waals surface area contributed by atoms with Gasteiger partial charge in [0.15, 0.2) is 5.82 Å². The van der Waals surface area contributed by atoms with Gasteiger partial charge < -0.3 is 15.6 Å². The molecule has 6 nitrogen and oxygen atoms in total. The molecule has 108 valence electrons. The number of carbonyl (C=O) groups is 1. The van der Waals surface area contributed by atoms with Gasteiger partial charge in [-0.15, -0.1) is 12.4 Å². The number of anilines is 1. The van der Waals surface area contributed by atoms with Crippen LogP contribution in [0.5, 0.6) is 0 Å². The zero-order valence-corrected chi connectivity index (χ0v) is 12.1. The number of nitrogens with two attached hydrogens (primary N) is 1. The molecule has 1 saturated heterocycles. The lowest BCUT2D eigenvalue weighted by Gasteiger charge is -2.16. The van der Waals surface area contributed by atoms with Crippen molar-refractivity contribution >= 4 is 24.1 Å². The van der Waals surface area contributed by atoms with E-state index in [1.165, 1.54) is 0 Å². The highest BCUT2D eigenvalue weighted by atomic mass is 35.5. The third-order valence-corrected chi connectivity index (χ3v) is 3.32. The number of aryl methyl sites for hydroxylation is 1. The number of nitrogens with zero attached hydrogens (tertiary/aromatic N) is 2. The molecule has 1 aromatic rings. The summed E-state index contributed by atoms with van der Waals surface area (Å²) in [7, 11) is 0. The first-order valence-electron chi connectivity index (χ1n) is 6.25. The van der Waals surface area contributed by atoms with Gasteiger partial charge in [0.2, 0.25) is 5.91 Å². The highest BCUT2D eigenvalue weighted by Crippen LogP contribution is 2.18. The Balaban J connectivity index is 0.00000180. The maximum absolute atomic E-state index is 11.8. The summed E-state index contributed by atoms with van der Waals surface area (Å²) in [6.07, 6.45) is 1.06. The molecule has 2 rings (SSSR count). The normalized spacial score (nSPS) is 20.9. The van der Waals surface area contributed by atoms with E-state index in [4.69, 9.17) is 10.3 Å². The lowest BCUT2D eigenvalue weighted by atomic mass is 10.0. The Morgan fingerprint density at radius 1 is 1.74 bits per heavy atom. The summed E-state index contributed by atoms with van der Waals surface area (Å²) in [5.41, 5.74) is 5.87. The van der Waals surface area contributed by atoms with Gasteiger partial charge in [0.1, 0.15) is 5.76 Å². The monoisotopic (exact) mass is 288 g/mol. The van der Waals surface area contributed by atoms with Crippen molar-refractivity contribution in [1.29, 1.82) is 0 Å². The summed E-state index contributed by atoms with van der Waals surface area (Å²) in [5, 5.41) is 6.45. The SMILES string of the molecule is Cc1cc(NC(=O)CN2CCC(C(C)N)C2)no1.Cl. The van der Waals surface area contributed by atoms with E-state index in [9.17, 15) is 4.79 Å². The molecule has 0 aliphatic carbocycles. The van der Waals surface area contributed by atoms with E-state index in [0.717, 1.165) is 19.5 Å². The van der Waals surface area contributed by atoms with E-state index in [2.05, 4.69) is 15.4 Å². The number of aromatic nitrogens is 1. The molecular formula is C12H21ClN4O2. The van der Waals surface area contributed by atoms with Crippen LogP contribution in [0.2, 0.25) is 0 Å². The standard InChI is InChI=1S/C12H20N4O2.ClH/c1-8-5-11(15-18-8)14-12(17)7-16-4-3-10(6-16)9(2)13;/h5,9-10H,3-4,6-7,13H2,1-2H3,(H,14,15,17);1H. The number of halogens is 1. The molecule has 0 aromatic carbocycles. The van der Waals surface area contributed by atoms with Crippen molar-refractivity contribution in [3.63, 3.8) is 0 Å². The predicted octanol–water partition coefficient (Wildman–Crippen LogP) is 1.01. The number of carbonyl (C=O) groups excluding carboxylic acids is 1. The maximum atomic E-state index is 11.8. The molecule has 1 aromatic heterocycles. The Hall–Kier alpha value is -1.11. The Labute approximate surface area is 119 Å². The zero-order valence-electron chi connectivity index (χ0n) is 11.3. The van der Waals surface area contributed by atoms with Crippen LogP contribution in [0.3, 0.4) is 0 Å². The molecule has 2 unspecified atom stereocenters. The van der Waals surface area contributed by atoms with Crippen LogP contribution in [0.25, 0.3) is 0 Å². The molecule has 1 aliphatic rings. The Bertz CT molecular complexity index is 422. The average Bonchev–Trinajstić information content (AvgIpc) is 2.88. The number of amides is 1. The minimum absolute atomic E-state index is 0. The summed E-state index contributed by atoms with van der Waals surface area (Å²) in [4.78, 5) is 13.9. The smallest absolute Gasteiger partial charge is 0.239 e. The topological polar surface area (TPSA) is 84.4 Å². The number of rotatable bonds is 4. The Morgan fingerprint density at radius 2 is 2.47 bits per heavy atom. The van der Waals surface area contributed by atoms with E-state index in [-0.39, 0.29) is 24.4 Å². The fraction of sp³-hybridized carbons (Fsp3) is 0.667. The van der Waals surface area contributed by atoms with Crippen LogP contribution in [0.15, 0.2) is 10.6 Å². The lowest BCUT2D eigenvalue weighted by Crippen LogP contribution is -2.34. The van der Waals surface area contributed by atoms with Crippen LogP contribution in [0.4, 0.5) is 5.82 Å². The molecule has 1 amide bonds. The van der Waals surface area contributed by atoms with Gasteiger partial charge >= 0.3 is 0 Å². The van der Waals surface area contributed by atoms with Crippen molar-refractivity contribution < 1.29 is 9.32 Å². The van der Waals surface area contributed by atoms with Gasteiger partial charge in [-0.1, -0.05) is 5.16 Å². The summed E-state index contributed by atoms with van der Waals surface area (Å²) < 4.78 is 4.89. The quantitative estimate of drug-likeness (QED) is 0.864. The van der Waals surface area contributed by atoms with Crippen LogP contribution < -0.4 is 11.1 Å². The molecule has 2 atom stereocenters. The number of likely N-dealkylation sites (tertiary alicyclic amines) is 1. The second-order valence-electron chi connectivity index (χ2n) is 5.01. The van der Waals surface area contributed by atoms with Crippen LogP contribution >= 0.6 is 12.4 Å². The maximum Gasteiger partial charge on any atom is 0.239 e. The van der Waals surface area contributed by atoms with Crippen molar-refractivity contribution in [2.75, 3.05) is 25.0 Å². The minimum Gasteiger partial charge on any atom is -0.360 e. The highest BCUT2D eigenvalue weighted by Gasteiger charge is 2.26. The van der Waals surface area contributed by atoms with Gasteiger partial charge in [-0.05, 0) is 32.7 Å². The summed E-state index contributed by atoms with van der Waals surface area (Å²) in [5.74, 6) is 1.59. The summed E-state index contributed by atoms with van der Waals surface area (Å²) >= 11 is 0. The summed E-state index contributed by atoms with van der Waals surface area (Å²) in [6.45, 7) is 6.01. The number of hydrogen-bond donors (Lipinski definition) is 2. The first kappa shape index (κ1) is 15.9. The molecule has 19 heavy (non-hydrogen) atoms. The fourth-order valence-electron chi connectivity index (χ4n) is 2.25. The molecule has 2 heterocycles. The molecule has 1 fully saturated rings. The third kappa shape index (κ3) is 4.49. The predicted molar refractivity (Wildman–Crippen MR) is 75.3 cm³/mol. The molecule has 3 N–H and O–H groups in total. The lowest BCUT2D eigenvalue weighted by molar-refractivity contribution is -0.117. The van der Waals surface area contributed by atoms with Gasteiger partial charge in [0, 0.05) is 18.7 Å². The number of hydrogen-bond acceptors (Lipinski definition) is 5. The van der Waals surface area contributed by atoms with Crippen molar-refractivity contribution in [1.82, 2.24) is 10.1 Å². The van der Waals surface area contributed by atoms with Gasteiger partial charge in [-0.25, -0.2) is 0 Å². The van der Waals surface area contributed by atoms with Crippen molar-refractivity contribution in [2.45, 2.75) is 26.3 Å². The van der Waals surface area contributed by atoms with Crippen molar-refractivity contribution in [3.05, 3.63) is 11.8 Å². The first-order chi connectivity index (χ1) is 8.54. The molecule has 0 radical (unpaired) electrons. The second kappa shape index (κ2) is 6.88. The van der Waals surface area contributed by atoms with Crippen molar-refractivity contribution in [3.8, 4) is 0 Å². The van der Waals surface area contributed by atoms with E-state index in [1.807, 2.05) is 6.92 Å². The highest BCUT2D eigenvalue weighted by molar-refractivity contribution is 5.91. The van der Waals surface area contributed by atoms with Gasteiger partial charge in [0.25, 0.3) is 0 Å². The average molecular weight is 289 g/mol. The Morgan fingerprint density at radius 3 is 3.00 bits per heavy atom. The molecule has 0 spiro atoms. The fourth-order valence-corrected chi connectivity index (χ4v) is 2.25. The van der Waals surface area contributed by atoms with E-state index < -0.39 is 0 Å². The Kier molecular flexibility index (Phi) is 5.78. The minimum atomic E-state index is -0.0615. The molecule has 0 bridgehead atoms. The summed E-state index contributed by atoms with van der Waals surface area (Å²) in [6, 6.07) is 1.89. The molecule has 7 heteroatoms. The molecular weight excluding hydrogens is 268 g/mol. The third-order valence-electron chi connectivity index (χ3n) is 3.32. The van der Waals surface area contributed by atoms with E-state index in [1.54, 1.807) is 13.0 Å². The van der Waals surface area contributed by atoms with Gasteiger partial charge in [-0.2, -0.15) is 0 Å². The van der Waals surface area contributed by atoms with E-state index in [0.29, 0.717) is 24.0 Å². The van der Waals surface area contributed by atoms with E-state index >= 15 is 0 Å². The van der Waals surface area contributed by atoms with Crippen molar-refractivity contribution in [2.24, 2.45) is 11.7 Å². The van der Waals surface area contributed by atoms with Crippen LogP contribution in [0.1, 0.15) is 19.1 Å². The zero-order chi connectivity index (χ0) is 13.1. The second-order valence-corrected chi connectivity index (χ2v) is 5.01. The molecule has 0 saturated carbocycles. The largest absolute Gasteiger partial charge is 0.360 e. The number of nitrogens with one attached hydrogen (secondary N) is 1. The van der Waals surface area contributed by atoms with Crippen LogP contribution in [-0.4, -0.2) is 41.6 Å². The molecule has 1 aliphatic heterocycles. The first-order valence-corrected chi connectivity index (χ1v) is 6.25. The van der Waals surface area contributed by atoms with Gasteiger partial charge in [-0.3, -0.25) is 9.69 Å².